The molecular weight excluding hydrogens is 330 g/mol. The van der Waals surface area contributed by atoms with Gasteiger partial charge in [0.2, 0.25) is 0 Å². The topological polar surface area (TPSA) is 146 Å². The van der Waals surface area contributed by atoms with Crippen molar-refractivity contribution >= 4 is 12.0 Å². The number of nitrogens with one attached hydrogen (secondary N) is 2. The lowest BCUT2D eigenvalue weighted by atomic mass is 10.1. The molecule has 1 aromatic carbocycles. The number of benzene rings is 1. The Kier molecular flexibility index (Phi) is 10.2. The first-order valence-corrected chi connectivity index (χ1v) is 7.63. The Bertz CT molecular complexity index is 586. The molecule has 136 valence electrons. The standard InChI is InChI=1S/C15H21N5O5/c16-20-19-11-12-1-3-13(4-2-12)14(21)17-5-7-24-9-10-25-8-6-18-15(22)23/h1-4,18H,5-11H2,(H,17,21)(H,22,23). The number of hydrogen-bond acceptors (Lipinski definition) is 5. The highest BCUT2D eigenvalue weighted by atomic mass is 16.5. The Morgan fingerprint density at radius 1 is 1.04 bits per heavy atom. The molecule has 0 atom stereocenters. The second kappa shape index (κ2) is 12.6. The molecule has 0 bridgehead atoms. The third-order valence-corrected chi connectivity index (χ3v) is 2.96. The second-order valence-electron chi connectivity index (χ2n) is 4.80. The number of amides is 2. The highest BCUT2D eigenvalue weighted by Crippen LogP contribution is 2.05. The van der Waals surface area contributed by atoms with Crippen LogP contribution in [0.4, 0.5) is 4.79 Å². The van der Waals surface area contributed by atoms with E-state index in [4.69, 9.17) is 20.1 Å². The molecule has 2 amide bonds. The highest BCUT2D eigenvalue weighted by Gasteiger charge is 2.04. The molecule has 25 heavy (non-hydrogen) atoms. The van der Waals surface area contributed by atoms with Crippen LogP contribution in [0.3, 0.4) is 0 Å². The molecule has 1 aromatic rings. The predicted molar refractivity (Wildman–Crippen MR) is 89.3 cm³/mol. The number of hydrogen-bond donors (Lipinski definition) is 3. The van der Waals surface area contributed by atoms with Crippen LogP contribution in [-0.4, -0.2) is 56.6 Å². The van der Waals surface area contributed by atoms with Gasteiger partial charge in [-0.25, -0.2) is 4.79 Å². The molecule has 0 aromatic heterocycles. The van der Waals surface area contributed by atoms with Crippen LogP contribution >= 0.6 is 0 Å². The van der Waals surface area contributed by atoms with Gasteiger partial charge >= 0.3 is 6.09 Å². The minimum Gasteiger partial charge on any atom is -0.465 e. The van der Waals surface area contributed by atoms with Gasteiger partial charge in [0.25, 0.3) is 5.91 Å². The van der Waals surface area contributed by atoms with Crippen molar-refractivity contribution in [2.75, 3.05) is 39.5 Å². The van der Waals surface area contributed by atoms with Crippen LogP contribution in [0.15, 0.2) is 29.4 Å². The van der Waals surface area contributed by atoms with Gasteiger partial charge < -0.3 is 25.2 Å². The van der Waals surface area contributed by atoms with E-state index >= 15 is 0 Å². The van der Waals surface area contributed by atoms with Gasteiger partial charge in [0.05, 0.1) is 33.0 Å². The summed E-state index contributed by atoms with van der Waals surface area (Å²) in [5.74, 6) is -0.213. The first-order valence-electron chi connectivity index (χ1n) is 7.63. The lowest BCUT2D eigenvalue weighted by Crippen LogP contribution is -2.28. The van der Waals surface area contributed by atoms with E-state index < -0.39 is 6.09 Å². The molecular formula is C15H21N5O5. The van der Waals surface area contributed by atoms with E-state index in [9.17, 15) is 9.59 Å². The number of carboxylic acid groups (broad SMARTS) is 1. The molecule has 0 aliphatic carbocycles. The summed E-state index contributed by atoms with van der Waals surface area (Å²) in [6.45, 7) is 2.17. The zero-order valence-corrected chi connectivity index (χ0v) is 13.7. The fraction of sp³-hybridized carbons (Fsp3) is 0.467. The van der Waals surface area contributed by atoms with Gasteiger partial charge in [0.15, 0.2) is 0 Å². The zero-order chi connectivity index (χ0) is 18.3. The number of carbonyl (C=O) groups is 2. The predicted octanol–water partition coefficient (Wildman–Crippen LogP) is 1.53. The van der Waals surface area contributed by atoms with Crippen molar-refractivity contribution in [3.05, 3.63) is 45.8 Å². The summed E-state index contributed by atoms with van der Waals surface area (Å²) in [7, 11) is 0. The van der Waals surface area contributed by atoms with E-state index in [1.807, 2.05) is 0 Å². The summed E-state index contributed by atoms with van der Waals surface area (Å²) >= 11 is 0. The summed E-state index contributed by atoms with van der Waals surface area (Å²) < 4.78 is 10.4. The van der Waals surface area contributed by atoms with Crippen LogP contribution in [0, 0.1) is 0 Å². The Hall–Kier alpha value is -2.81. The molecule has 0 radical (unpaired) electrons. The normalized spacial score (nSPS) is 9.92. The Morgan fingerprint density at radius 3 is 2.20 bits per heavy atom. The molecule has 0 fully saturated rings. The third kappa shape index (κ3) is 9.82. The van der Waals surface area contributed by atoms with E-state index in [0.29, 0.717) is 31.9 Å². The summed E-state index contributed by atoms with van der Waals surface area (Å²) in [6.07, 6.45) is -1.08. The van der Waals surface area contributed by atoms with Crippen LogP contribution in [-0.2, 0) is 16.0 Å². The molecule has 10 heteroatoms. The number of rotatable bonds is 12. The van der Waals surface area contributed by atoms with Crippen molar-refractivity contribution in [3.8, 4) is 0 Å². The van der Waals surface area contributed by atoms with Gasteiger partial charge in [-0.15, -0.1) is 0 Å². The van der Waals surface area contributed by atoms with Gasteiger partial charge in [-0.3, -0.25) is 4.79 Å². The lowest BCUT2D eigenvalue weighted by Gasteiger charge is -2.08. The highest BCUT2D eigenvalue weighted by molar-refractivity contribution is 5.94. The van der Waals surface area contributed by atoms with Crippen molar-refractivity contribution in [3.63, 3.8) is 0 Å². The molecule has 0 aliphatic rings. The molecule has 0 heterocycles. The SMILES string of the molecule is [N-]=[N+]=NCc1ccc(C(=O)NCCOCCOCCNC(=O)O)cc1. The maximum absolute atomic E-state index is 11.9. The maximum atomic E-state index is 11.9. The van der Waals surface area contributed by atoms with Crippen molar-refractivity contribution in [1.29, 1.82) is 0 Å². The summed E-state index contributed by atoms with van der Waals surface area (Å²) in [6, 6.07) is 6.79. The molecule has 0 saturated carbocycles. The molecule has 0 aliphatic heterocycles. The third-order valence-electron chi connectivity index (χ3n) is 2.96. The Labute approximate surface area is 144 Å². The number of ether oxygens (including phenoxy) is 2. The van der Waals surface area contributed by atoms with Gasteiger partial charge in [-0.2, -0.15) is 0 Å². The largest absolute Gasteiger partial charge is 0.465 e. The molecule has 10 nitrogen and oxygen atoms in total. The summed E-state index contributed by atoms with van der Waals surface area (Å²) in [5, 5.41) is 16.7. The average molecular weight is 351 g/mol. The van der Waals surface area contributed by atoms with Crippen molar-refractivity contribution < 1.29 is 24.2 Å². The van der Waals surface area contributed by atoms with E-state index in [1.54, 1.807) is 24.3 Å². The Balaban J connectivity index is 2.06. The van der Waals surface area contributed by atoms with E-state index in [-0.39, 0.29) is 25.6 Å². The zero-order valence-electron chi connectivity index (χ0n) is 13.7. The first-order chi connectivity index (χ1) is 12.1. The summed E-state index contributed by atoms with van der Waals surface area (Å²) in [5.41, 5.74) is 9.60. The van der Waals surface area contributed by atoms with Gasteiger partial charge in [0, 0.05) is 23.6 Å². The van der Waals surface area contributed by atoms with Crippen LogP contribution in [0.2, 0.25) is 0 Å². The minimum absolute atomic E-state index is 0.213. The van der Waals surface area contributed by atoms with E-state index in [2.05, 4.69) is 20.7 Å². The average Bonchev–Trinajstić information content (AvgIpc) is 2.61. The van der Waals surface area contributed by atoms with Gasteiger partial charge in [-0.05, 0) is 23.2 Å². The van der Waals surface area contributed by atoms with Crippen LogP contribution in [0.1, 0.15) is 15.9 Å². The van der Waals surface area contributed by atoms with Gasteiger partial charge in [0.1, 0.15) is 0 Å². The van der Waals surface area contributed by atoms with Crippen molar-refractivity contribution in [2.45, 2.75) is 6.54 Å². The van der Waals surface area contributed by atoms with Crippen LogP contribution in [0.5, 0.6) is 0 Å². The number of carbonyl (C=O) groups excluding carboxylic acids is 1. The van der Waals surface area contributed by atoms with Crippen molar-refractivity contribution in [2.24, 2.45) is 5.11 Å². The van der Waals surface area contributed by atoms with Crippen molar-refractivity contribution in [1.82, 2.24) is 10.6 Å². The fourth-order valence-corrected chi connectivity index (χ4v) is 1.77. The van der Waals surface area contributed by atoms with Crippen LogP contribution < -0.4 is 10.6 Å². The quantitative estimate of drug-likeness (QED) is 0.226. The summed E-state index contributed by atoms with van der Waals surface area (Å²) in [4.78, 5) is 24.8. The lowest BCUT2D eigenvalue weighted by molar-refractivity contribution is 0.0493. The second-order valence-corrected chi connectivity index (χ2v) is 4.80. The number of azide groups is 1. The first kappa shape index (κ1) is 20.2. The van der Waals surface area contributed by atoms with Gasteiger partial charge in [-0.1, -0.05) is 17.2 Å². The number of nitrogens with zero attached hydrogens (tertiary/aromatic N) is 3. The molecule has 3 N–H and O–H groups in total. The molecule has 0 unspecified atom stereocenters. The minimum atomic E-state index is -1.08. The van der Waals surface area contributed by atoms with E-state index in [1.165, 1.54) is 0 Å². The van der Waals surface area contributed by atoms with Crippen LogP contribution in [0.25, 0.3) is 10.4 Å². The molecule has 1 rings (SSSR count). The molecule has 0 spiro atoms. The smallest absolute Gasteiger partial charge is 0.404 e. The van der Waals surface area contributed by atoms with E-state index in [0.717, 1.165) is 5.56 Å². The molecule has 0 saturated heterocycles. The Morgan fingerprint density at radius 2 is 1.64 bits per heavy atom. The monoisotopic (exact) mass is 351 g/mol. The fourth-order valence-electron chi connectivity index (χ4n) is 1.77. The maximum Gasteiger partial charge on any atom is 0.404 e.